The summed E-state index contributed by atoms with van der Waals surface area (Å²) in [5, 5.41) is 12.9. The Hall–Kier alpha value is -2.98. The lowest BCUT2D eigenvalue weighted by atomic mass is 10.2. The molecule has 1 atom stereocenters. The quantitative estimate of drug-likeness (QED) is 0.414. The van der Waals surface area contributed by atoms with Crippen LogP contribution in [0.4, 0.5) is 4.79 Å². The topological polar surface area (TPSA) is 104 Å². The Morgan fingerprint density at radius 3 is 1.77 bits per heavy atom. The number of nitrogens with zero attached hydrogens (tertiary/aromatic N) is 1. The molecule has 0 aliphatic carbocycles. The summed E-state index contributed by atoms with van der Waals surface area (Å²) < 4.78 is 10.9. The Kier molecular flexibility index (Phi) is 12.0. The van der Waals surface area contributed by atoms with Gasteiger partial charge in [-0.2, -0.15) is 0 Å². The Balaban J connectivity index is 1.59. The molecule has 2 aromatic carbocycles. The van der Waals surface area contributed by atoms with Gasteiger partial charge in [-0.15, -0.1) is 0 Å². The van der Waals surface area contributed by atoms with E-state index in [1.54, 1.807) is 0 Å². The SMILES string of the molecule is O=C(NC(CN1CCNCCNCCNCC1)C(=O)OCc1ccccc1)OCc1ccccc1. The molecule has 0 spiro atoms. The second-order valence-corrected chi connectivity index (χ2v) is 8.40. The molecule has 4 N–H and O–H groups in total. The number of nitrogens with one attached hydrogen (secondary N) is 4. The number of amides is 1. The molecule has 9 heteroatoms. The van der Waals surface area contributed by atoms with Gasteiger partial charge < -0.3 is 30.7 Å². The summed E-state index contributed by atoms with van der Waals surface area (Å²) in [6.45, 7) is 7.22. The third kappa shape index (κ3) is 10.9. The maximum absolute atomic E-state index is 13.0. The van der Waals surface area contributed by atoms with E-state index in [2.05, 4.69) is 26.2 Å². The molecular formula is C26H37N5O4. The van der Waals surface area contributed by atoms with Gasteiger partial charge in [-0.25, -0.2) is 9.59 Å². The standard InChI is InChI=1S/C26H37N5O4/c32-25(34-20-22-7-3-1-4-8-22)24(30-26(33)35-21-23-9-5-2-6-10-23)19-31-17-15-28-13-11-27-12-14-29-16-18-31/h1-10,24,27-29H,11-21H2,(H,30,33). The number of alkyl carbamates (subject to hydrolysis) is 1. The predicted molar refractivity (Wildman–Crippen MR) is 135 cm³/mol. The van der Waals surface area contributed by atoms with Crippen molar-refractivity contribution in [2.24, 2.45) is 0 Å². The lowest BCUT2D eigenvalue weighted by Gasteiger charge is -2.27. The molecule has 0 aromatic heterocycles. The predicted octanol–water partition coefficient (Wildman–Crippen LogP) is 1.11. The molecule has 1 amide bonds. The molecule has 9 nitrogen and oxygen atoms in total. The van der Waals surface area contributed by atoms with Gasteiger partial charge in [-0.3, -0.25) is 4.90 Å². The van der Waals surface area contributed by atoms with Crippen LogP contribution in [0.2, 0.25) is 0 Å². The first-order valence-electron chi connectivity index (χ1n) is 12.2. The minimum atomic E-state index is -0.850. The van der Waals surface area contributed by atoms with Gasteiger partial charge in [0.25, 0.3) is 0 Å². The maximum atomic E-state index is 13.0. The van der Waals surface area contributed by atoms with E-state index in [0.29, 0.717) is 6.54 Å². The van der Waals surface area contributed by atoms with Gasteiger partial charge in [0, 0.05) is 58.9 Å². The summed E-state index contributed by atoms with van der Waals surface area (Å²) in [5.41, 5.74) is 1.76. The summed E-state index contributed by atoms with van der Waals surface area (Å²) in [7, 11) is 0. The first kappa shape index (κ1) is 26.6. The van der Waals surface area contributed by atoms with Gasteiger partial charge in [0.05, 0.1) is 0 Å². The van der Waals surface area contributed by atoms with E-state index in [0.717, 1.165) is 63.5 Å². The Labute approximate surface area is 207 Å². The van der Waals surface area contributed by atoms with Crippen LogP contribution in [-0.2, 0) is 27.5 Å². The highest BCUT2D eigenvalue weighted by Gasteiger charge is 2.26. The molecule has 2 aromatic rings. The maximum Gasteiger partial charge on any atom is 0.408 e. The zero-order valence-corrected chi connectivity index (χ0v) is 20.2. The van der Waals surface area contributed by atoms with E-state index in [-0.39, 0.29) is 13.2 Å². The molecule has 3 rings (SSSR count). The van der Waals surface area contributed by atoms with Crippen LogP contribution in [0.15, 0.2) is 60.7 Å². The van der Waals surface area contributed by atoms with Crippen molar-refractivity contribution >= 4 is 12.1 Å². The lowest BCUT2D eigenvalue weighted by Crippen LogP contribution is -2.51. The van der Waals surface area contributed by atoms with Crippen molar-refractivity contribution in [3.8, 4) is 0 Å². The molecular weight excluding hydrogens is 446 g/mol. The molecule has 190 valence electrons. The highest BCUT2D eigenvalue weighted by molar-refractivity contribution is 5.81. The van der Waals surface area contributed by atoms with Crippen molar-refractivity contribution in [3.63, 3.8) is 0 Å². The fourth-order valence-corrected chi connectivity index (χ4v) is 3.67. The van der Waals surface area contributed by atoms with Gasteiger partial charge in [-0.1, -0.05) is 60.7 Å². The average molecular weight is 484 g/mol. The summed E-state index contributed by atoms with van der Waals surface area (Å²) in [4.78, 5) is 27.7. The van der Waals surface area contributed by atoms with Gasteiger partial charge in [0.1, 0.15) is 19.3 Å². The van der Waals surface area contributed by atoms with E-state index in [1.165, 1.54) is 0 Å². The molecule has 1 heterocycles. The summed E-state index contributed by atoms with van der Waals surface area (Å²) in [5.74, 6) is -0.484. The molecule has 1 saturated heterocycles. The summed E-state index contributed by atoms with van der Waals surface area (Å²) in [6.07, 6.45) is -0.646. The summed E-state index contributed by atoms with van der Waals surface area (Å²) >= 11 is 0. The van der Waals surface area contributed by atoms with Crippen LogP contribution in [0.5, 0.6) is 0 Å². The van der Waals surface area contributed by atoms with Crippen molar-refractivity contribution in [1.82, 2.24) is 26.2 Å². The number of hydrogen-bond donors (Lipinski definition) is 4. The van der Waals surface area contributed by atoms with Gasteiger partial charge in [0.2, 0.25) is 0 Å². The zero-order chi connectivity index (χ0) is 24.6. The first-order chi connectivity index (χ1) is 17.2. The third-order valence-electron chi connectivity index (χ3n) is 5.62. The van der Waals surface area contributed by atoms with Crippen molar-refractivity contribution in [2.45, 2.75) is 19.3 Å². The van der Waals surface area contributed by atoms with Gasteiger partial charge in [-0.05, 0) is 11.1 Å². The number of ether oxygens (including phenoxy) is 2. The Morgan fingerprint density at radius 1 is 0.743 bits per heavy atom. The van der Waals surface area contributed by atoms with Crippen molar-refractivity contribution in [2.75, 3.05) is 58.9 Å². The van der Waals surface area contributed by atoms with Crippen molar-refractivity contribution in [3.05, 3.63) is 71.8 Å². The largest absolute Gasteiger partial charge is 0.459 e. The van der Waals surface area contributed by atoms with Crippen molar-refractivity contribution in [1.29, 1.82) is 0 Å². The highest BCUT2D eigenvalue weighted by atomic mass is 16.6. The molecule has 0 saturated carbocycles. The van der Waals surface area contributed by atoms with E-state index < -0.39 is 18.1 Å². The van der Waals surface area contributed by atoms with Crippen LogP contribution < -0.4 is 21.3 Å². The number of benzene rings is 2. The van der Waals surface area contributed by atoms with Crippen LogP contribution >= 0.6 is 0 Å². The number of hydrogen-bond acceptors (Lipinski definition) is 8. The van der Waals surface area contributed by atoms with Crippen LogP contribution in [0.1, 0.15) is 11.1 Å². The Bertz CT molecular complexity index is 857. The van der Waals surface area contributed by atoms with Crippen LogP contribution in [0.3, 0.4) is 0 Å². The monoisotopic (exact) mass is 483 g/mol. The minimum Gasteiger partial charge on any atom is -0.459 e. The fourth-order valence-electron chi connectivity index (χ4n) is 3.67. The van der Waals surface area contributed by atoms with E-state index in [9.17, 15) is 9.59 Å². The molecule has 1 aliphatic heterocycles. The normalized spacial score (nSPS) is 16.8. The second-order valence-electron chi connectivity index (χ2n) is 8.40. The van der Waals surface area contributed by atoms with E-state index >= 15 is 0 Å². The van der Waals surface area contributed by atoms with E-state index in [4.69, 9.17) is 9.47 Å². The fraction of sp³-hybridized carbons (Fsp3) is 0.462. The smallest absolute Gasteiger partial charge is 0.408 e. The number of carbonyl (C=O) groups is 2. The molecule has 0 radical (unpaired) electrons. The number of carbonyl (C=O) groups excluding carboxylic acids is 2. The molecule has 35 heavy (non-hydrogen) atoms. The average Bonchev–Trinajstić information content (AvgIpc) is 2.88. The van der Waals surface area contributed by atoms with Crippen molar-refractivity contribution < 1.29 is 19.1 Å². The lowest BCUT2D eigenvalue weighted by molar-refractivity contribution is -0.148. The molecule has 0 bridgehead atoms. The van der Waals surface area contributed by atoms with Gasteiger partial charge in [0.15, 0.2) is 0 Å². The third-order valence-corrected chi connectivity index (χ3v) is 5.62. The van der Waals surface area contributed by atoms with Gasteiger partial charge >= 0.3 is 12.1 Å². The zero-order valence-electron chi connectivity index (χ0n) is 20.2. The van der Waals surface area contributed by atoms with Crippen LogP contribution in [-0.4, -0.2) is 81.9 Å². The Morgan fingerprint density at radius 2 is 1.23 bits per heavy atom. The first-order valence-corrected chi connectivity index (χ1v) is 12.2. The number of esters is 1. The van der Waals surface area contributed by atoms with Crippen LogP contribution in [0, 0.1) is 0 Å². The molecule has 1 aliphatic rings. The summed E-state index contributed by atoms with van der Waals surface area (Å²) in [6, 6.07) is 18.1. The van der Waals surface area contributed by atoms with E-state index in [1.807, 2.05) is 60.7 Å². The minimum absolute atomic E-state index is 0.129. The van der Waals surface area contributed by atoms with Crippen LogP contribution in [0.25, 0.3) is 0 Å². The number of rotatable bonds is 8. The highest BCUT2D eigenvalue weighted by Crippen LogP contribution is 2.05. The molecule has 1 unspecified atom stereocenters. The second kappa shape index (κ2) is 15.8. The molecule has 1 fully saturated rings.